The maximum Gasteiger partial charge on any atom is 0.261 e. The van der Waals surface area contributed by atoms with Gasteiger partial charge in [-0.3, -0.25) is 9.52 Å². The van der Waals surface area contributed by atoms with Gasteiger partial charge in [0.25, 0.3) is 15.9 Å². The second-order valence-corrected chi connectivity index (χ2v) is 9.87. The predicted octanol–water partition coefficient (Wildman–Crippen LogP) is 3.56. The summed E-state index contributed by atoms with van der Waals surface area (Å²) in [6.07, 6.45) is 0. The Morgan fingerprint density at radius 3 is 2.26 bits per heavy atom. The Kier molecular flexibility index (Phi) is 7.49. The van der Waals surface area contributed by atoms with Crippen molar-refractivity contribution in [3.05, 3.63) is 90.0 Å². The molecular formula is C26H30N4O3S. The first-order chi connectivity index (χ1) is 16.5. The maximum atomic E-state index is 13.4. The van der Waals surface area contributed by atoms with Crippen molar-refractivity contribution in [2.45, 2.75) is 18.4 Å². The second kappa shape index (κ2) is 10.7. The summed E-state index contributed by atoms with van der Waals surface area (Å²) >= 11 is 0. The van der Waals surface area contributed by atoms with E-state index in [2.05, 4.69) is 14.9 Å². The molecule has 1 aliphatic heterocycles. The molecule has 0 spiro atoms. The lowest BCUT2D eigenvalue weighted by molar-refractivity contribution is 0.0752. The van der Waals surface area contributed by atoms with Crippen LogP contribution in [0, 0.1) is 0 Å². The van der Waals surface area contributed by atoms with E-state index < -0.39 is 10.0 Å². The molecule has 0 aliphatic carbocycles. The summed E-state index contributed by atoms with van der Waals surface area (Å²) in [6.45, 7) is 6.09. The standard InChI is InChI=1S/C26H30N4O3S/c1-2-29(20-21-9-5-3-6-10-21)26(31)22-13-14-25(30-17-15-27-16-18-30)24(19-22)28-34(32,33)23-11-7-4-8-12-23/h3-14,19,27-28H,2,15-18,20H2,1H3. The topological polar surface area (TPSA) is 81.8 Å². The highest BCUT2D eigenvalue weighted by molar-refractivity contribution is 7.92. The molecule has 0 unspecified atom stereocenters. The monoisotopic (exact) mass is 478 g/mol. The number of amides is 1. The van der Waals surface area contributed by atoms with Gasteiger partial charge in [0.05, 0.1) is 16.3 Å². The number of nitrogens with one attached hydrogen (secondary N) is 2. The van der Waals surface area contributed by atoms with Gasteiger partial charge in [0.2, 0.25) is 0 Å². The summed E-state index contributed by atoms with van der Waals surface area (Å²) in [6, 6.07) is 23.4. The molecule has 3 aromatic rings. The summed E-state index contributed by atoms with van der Waals surface area (Å²) < 4.78 is 29.0. The van der Waals surface area contributed by atoms with E-state index in [1.807, 2.05) is 43.3 Å². The molecule has 3 aromatic carbocycles. The van der Waals surface area contributed by atoms with Gasteiger partial charge in [-0.25, -0.2) is 8.42 Å². The molecular weight excluding hydrogens is 448 g/mol. The molecule has 1 fully saturated rings. The third-order valence-electron chi connectivity index (χ3n) is 5.88. The van der Waals surface area contributed by atoms with Crippen LogP contribution in [0.1, 0.15) is 22.8 Å². The number of carbonyl (C=O) groups is 1. The lowest BCUT2D eigenvalue weighted by Crippen LogP contribution is -2.43. The molecule has 34 heavy (non-hydrogen) atoms. The number of sulfonamides is 1. The largest absolute Gasteiger partial charge is 0.367 e. The number of carbonyl (C=O) groups excluding carboxylic acids is 1. The Morgan fingerprint density at radius 1 is 0.971 bits per heavy atom. The molecule has 7 nitrogen and oxygen atoms in total. The molecule has 4 rings (SSSR count). The van der Waals surface area contributed by atoms with Gasteiger partial charge in [0.15, 0.2) is 0 Å². The van der Waals surface area contributed by atoms with E-state index in [1.165, 1.54) is 0 Å². The third kappa shape index (κ3) is 5.58. The fraction of sp³-hybridized carbons (Fsp3) is 0.269. The van der Waals surface area contributed by atoms with Crippen molar-refractivity contribution in [2.75, 3.05) is 42.3 Å². The summed E-state index contributed by atoms with van der Waals surface area (Å²) in [7, 11) is -3.81. The van der Waals surface area contributed by atoms with Gasteiger partial charge < -0.3 is 15.1 Å². The fourth-order valence-corrected chi connectivity index (χ4v) is 5.14. The molecule has 1 amide bonds. The average molecular weight is 479 g/mol. The number of rotatable bonds is 8. The van der Waals surface area contributed by atoms with E-state index in [0.29, 0.717) is 24.3 Å². The number of nitrogens with zero attached hydrogens (tertiary/aromatic N) is 2. The Balaban J connectivity index is 1.67. The van der Waals surface area contributed by atoms with Gasteiger partial charge in [-0.05, 0) is 42.8 Å². The minimum absolute atomic E-state index is 0.140. The highest BCUT2D eigenvalue weighted by Crippen LogP contribution is 2.30. The van der Waals surface area contributed by atoms with Crippen molar-refractivity contribution >= 4 is 27.3 Å². The molecule has 8 heteroatoms. The van der Waals surface area contributed by atoms with Gasteiger partial charge >= 0.3 is 0 Å². The SMILES string of the molecule is CCN(Cc1ccccc1)C(=O)c1ccc(N2CCNCC2)c(NS(=O)(=O)c2ccccc2)c1. The van der Waals surface area contributed by atoms with E-state index in [0.717, 1.165) is 37.4 Å². The molecule has 1 saturated heterocycles. The van der Waals surface area contributed by atoms with Crippen molar-refractivity contribution in [1.29, 1.82) is 0 Å². The van der Waals surface area contributed by atoms with Gasteiger partial charge in [-0.2, -0.15) is 0 Å². The van der Waals surface area contributed by atoms with Crippen molar-refractivity contribution in [1.82, 2.24) is 10.2 Å². The van der Waals surface area contributed by atoms with Crippen LogP contribution in [0.15, 0.2) is 83.8 Å². The minimum Gasteiger partial charge on any atom is -0.367 e. The summed E-state index contributed by atoms with van der Waals surface area (Å²) in [5, 5.41) is 3.31. The Morgan fingerprint density at radius 2 is 1.62 bits per heavy atom. The van der Waals surface area contributed by atoms with Gasteiger partial charge in [-0.1, -0.05) is 48.5 Å². The zero-order valence-electron chi connectivity index (χ0n) is 19.3. The van der Waals surface area contributed by atoms with Crippen LogP contribution in [-0.2, 0) is 16.6 Å². The average Bonchev–Trinajstić information content (AvgIpc) is 2.88. The first kappa shape index (κ1) is 23.8. The summed E-state index contributed by atoms with van der Waals surface area (Å²) in [5.74, 6) is -0.140. The quantitative estimate of drug-likeness (QED) is 0.517. The van der Waals surface area contributed by atoms with Crippen LogP contribution in [0.25, 0.3) is 0 Å². The van der Waals surface area contributed by atoms with Crippen LogP contribution in [0.2, 0.25) is 0 Å². The molecule has 0 aromatic heterocycles. The first-order valence-electron chi connectivity index (χ1n) is 11.5. The fourth-order valence-electron chi connectivity index (χ4n) is 4.05. The van der Waals surface area contributed by atoms with E-state index in [4.69, 9.17) is 0 Å². The number of benzene rings is 3. The van der Waals surface area contributed by atoms with Crippen LogP contribution in [0.4, 0.5) is 11.4 Å². The van der Waals surface area contributed by atoms with Gasteiger partial charge in [0.1, 0.15) is 0 Å². The Hall–Kier alpha value is -3.36. The second-order valence-electron chi connectivity index (χ2n) is 8.19. The summed E-state index contributed by atoms with van der Waals surface area (Å²) in [5.41, 5.74) is 2.67. The number of hydrogen-bond donors (Lipinski definition) is 2. The zero-order chi connectivity index (χ0) is 24.0. The molecule has 1 aliphatic rings. The van der Waals surface area contributed by atoms with Crippen molar-refractivity contribution < 1.29 is 13.2 Å². The maximum absolute atomic E-state index is 13.4. The van der Waals surface area contributed by atoms with Crippen LogP contribution in [0.5, 0.6) is 0 Å². The lowest BCUT2D eigenvalue weighted by atomic mass is 10.1. The van der Waals surface area contributed by atoms with Crippen LogP contribution < -0.4 is 14.9 Å². The number of anilines is 2. The molecule has 0 saturated carbocycles. The van der Waals surface area contributed by atoms with Gasteiger partial charge in [0, 0.05) is 44.8 Å². The summed E-state index contributed by atoms with van der Waals surface area (Å²) in [4.78, 5) is 17.4. The van der Waals surface area contributed by atoms with E-state index in [9.17, 15) is 13.2 Å². The smallest absolute Gasteiger partial charge is 0.261 e. The Labute approximate surface area is 201 Å². The first-order valence-corrected chi connectivity index (χ1v) is 13.0. The zero-order valence-corrected chi connectivity index (χ0v) is 20.1. The molecule has 2 N–H and O–H groups in total. The molecule has 178 valence electrons. The highest BCUT2D eigenvalue weighted by Gasteiger charge is 2.22. The Bertz CT molecular complexity index is 1210. The van der Waals surface area contributed by atoms with E-state index in [1.54, 1.807) is 47.4 Å². The lowest BCUT2D eigenvalue weighted by Gasteiger charge is -2.31. The van der Waals surface area contributed by atoms with Crippen molar-refractivity contribution in [2.24, 2.45) is 0 Å². The normalized spacial score (nSPS) is 14.0. The predicted molar refractivity (Wildman–Crippen MR) is 136 cm³/mol. The molecule has 0 radical (unpaired) electrons. The third-order valence-corrected chi connectivity index (χ3v) is 7.27. The van der Waals surface area contributed by atoms with E-state index >= 15 is 0 Å². The van der Waals surface area contributed by atoms with Crippen molar-refractivity contribution in [3.8, 4) is 0 Å². The molecule has 1 heterocycles. The van der Waals surface area contributed by atoms with Crippen LogP contribution >= 0.6 is 0 Å². The van der Waals surface area contributed by atoms with Crippen molar-refractivity contribution in [3.63, 3.8) is 0 Å². The van der Waals surface area contributed by atoms with Crippen LogP contribution in [-0.4, -0.2) is 51.9 Å². The van der Waals surface area contributed by atoms with E-state index in [-0.39, 0.29) is 10.8 Å². The van der Waals surface area contributed by atoms with Crippen LogP contribution in [0.3, 0.4) is 0 Å². The molecule has 0 bridgehead atoms. The van der Waals surface area contributed by atoms with Gasteiger partial charge in [-0.15, -0.1) is 0 Å². The minimum atomic E-state index is -3.81. The number of piperazine rings is 1. The highest BCUT2D eigenvalue weighted by atomic mass is 32.2. The number of hydrogen-bond acceptors (Lipinski definition) is 5. The molecule has 0 atom stereocenters.